The van der Waals surface area contributed by atoms with Gasteiger partial charge >= 0.3 is 7.12 Å². The van der Waals surface area contributed by atoms with Crippen LogP contribution in [0.25, 0.3) is 0 Å². The Bertz CT molecular complexity index is 384. The zero-order valence-electron chi connectivity index (χ0n) is 10.8. The van der Waals surface area contributed by atoms with E-state index in [1.54, 1.807) is 0 Å². The normalized spacial score (nSPS) is 26.1. The first-order valence-corrected chi connectivity index (χ1v) is 4.62. The third kappa shape index (κ3) is 1.37. The highest BCUT2D eigenvalue weighted by molar-refractivity contribution is 6.61. The Morgan fingerprint density at radius 2 is 1.93 bits per heavy atom. The summed E-state index contributed by atoms with van der Waals surface area (Å²) in [5, 5.41) is 6.09. The van der Waals surface area contributed by atoms with Crippen molar-refractivity contribution in [3.63, 3.8) is 0 Å². The Labute approximate surface area is 86.9 Å². The Kier molecular flexibility index (Phi) is 1.52. The average Bonchev–Trinajstić information content (AvgIpc) is 2.52. The lowest BCUT2D eigenvalue weighted by atomic mass is 9.82. The summed E-state index contributed by atoms with van der Waals surface area (Å²) in [7, 11) is -0.691. The van der Waals surface area contributed by atoms with E-state index >= 15 is 0 Å². The number of hydrogen-bond donors (Lipinski definition) is 1. The predicted octanol–water partition coefficient (Wildman–Crippen LogP) is 0.709. The summed E-state index contributed by atoms with van der Waals surface area (Å²) < 4.78 is 26.7. The molecule has 5 heteroatoms. The van der Waals surface area contributed by atoms with E-state index in [0.717, 1.165) is 0 Å². The number of nitrogens with zero attached hydrogens (tertiary/aromatic N) is 1. The molecule has 0 atom stereocenters. The van der Waals surface area contributed by atoms with Crippen molar-refractivity contribution in [2.45, 2.75) is 38.9 Å². The minimum absolute atomic E-state index is 0.00324. The number of nitrogens with one attached hydrogen (secondary N) is 1. The zero-order valence-corrected chi connectivity index (χ0v) is 8.84. The summed E-state index contributed by atoms with van der Waals surface area (Å²) >= 11 is 0. The summed E-state index contributed by atoms with van der Waals surface area (Å²) in [4.78, 5) is 0. The topological polar surface area (TPSA) is 47.1 Å². The van der Waals surface area contributed by atoms with E-state index in [-0.39, 0.29) is 12.3 Å². The van der Waals surface area contributed by atoms with Crippen LogP contribution in [-0.2, 0) is 9.31 Å². The Hall–Kier alpha value is -0.805. The van der Waals surface area contributed by atoms with E-state index in [1.807, 2.05) is 27.7 Å². The van der Waals surface area contributed by atoms with Crippen LogP contribution in [0.1, 0.15) is 30.4 Å². The molecule has 0 bridgehead atoms. The van der Waals surface area contributed by atoms with Crippen molar-refractivity contribution < 1.29 is 12.1 Å². The maximum atomic E-state index is 7.62. The molecular formula is C9H15BN2O2. The number of aromatic nitrogens is 2. The van der Waals surface area contributed by atoms with Crippen LogP contribution in [0.2, 0.25) is 0 Å². The van der Waals surface area contributed by atoms with Crippen LogP contribution in [0.15, 0.2) is 12.3 Å². The van der Waals surface area contributed by atoms with Gasteiger partial charge in [0.05, 0.1) is 13.9 Å². The molecule has 1 fully saturated rings. The van der Waals surface area contributed by atoms with Crippen molar-refractivity contribution in [3.05, 3.63) is 12.3 Å². The average molecular weight is 196 g/mol. The fourth-order valence-electron chi connectivity index (χ4n) is 1.28. The molecule has 1 aliphatic rings. The lowest BCUT2D eigenvalue weighted by molar-refractivity contribution is 0.00578. The second-order valence-corrected chi connectivity index (χ2v) is 4.46. The van der Waals surface area contributed by atoms with Gasteiger partial charge in [0.15, 0.2) is 0 Å². The minimum atomic E-state index is -0.691. The van der Waals surface area contributed by atoms with Crippen LogP contribution in [0.3, 0.4) is 0 Å². The zero-order chi connectivity index (χ0) is 12.1. The van der Waals surface area contributed by atoms with Gasteiger partial charge in [-0.2, -0.15) is 5.10 Å². The molecule has 4 nitrogen and oxygen atoms in total. The van der Waals surface area contributed by atoms with Gasteiger partial charge in [0.2, 0.25) is 0 Å². The lowest BCUT2D eigenvalue weighted by Crippen LogP contribution is -2.41. The van der Waals surface area contributed by atoms with Crippen LogP contribution in [-0.4, -0.2) is 28.5 Å². The number of rotatable bonds is 1. The first-order valence-electron chi connectivity index (χ1n) is 5.62. The molecule has 1 N–H and O–H groups in total. The van der Waals surface area contributed by atoms with Crippen LogP contribution >= 0.6 is 0 Å². The molecule has 2 heterocycles. The maximum absolute atomic E-state index is 7.62. The Morgan fingerprint density at radius 1 is 1.36 bits per heavy atom. The minimum Gasteiger partial charge on any atom is -0.399 e. The second kappa shape index (κ2) is 2.84. The van der Waals surface area contributed by atoms with E-state index in [0.29, 0.717) is 5.46 Å². The summed E-state index contributed by atoms with van der Waals surface area (Å²) in [6.45, 7) is 7.72. The van der Waals surface area contributed by atoms with Crippen molar-refractivity contribution in [2.24, 2.45) is 0 Å². The highest BCUT2D eigenvalue weighted by atomic mass is 16.7. The molecule has 0 amide bonds. The summed E-state index contributed by atoms with van der Waals surface area (Å²) in [6, 6.07) is 0. The summed E-state index contributed by atoms with van der Waals surface area (Å²) in [5.41, 5.74) is -0.569. The number of H-pyrrole nitrogens is 1. The van der Waals surface area contributed by atoms with Crippen LogP contribution in [0, 0.1) is 0 Å². The van der Waals surface area contributed by atoms with E-state index in [9.17, 15) is 0 Å². The van der Waals surface area contributed by atoms with Gasteiger partial charge in [-0.25, -0.2) is 0 Å². The lowest BCUT2D eigenvalue weighted by Gasteiger charge is -2.32. The Balaban J connectivity index is 2.34. The molecule has 1 aromatic rings. The standard InChI is InChI=1S/C9H15BN2O2/c1-8(2)9(3,4)14-10(13-8)7-5-11-12-6-7/h5-6H,1-4H3,(H,11,12)/i5D,6D. The van der Waals surface area contributed by atoms with Crippen molar-refractivity contribution >= 4 is 12.6 Å². The molecule has 1 saturated heterocycles. The molecule has 1 aliphatic heterocycles. The first-order chi connectivity index (χ1) is 7.24. The van der Waals surface area contributed by atoms with E-state index in [2.05, 4.69) is 10.2 Å². The van der Waals surface area contributed by atoms with Crippen molar-refractivity contribution in [2.75, 3.05) is 0 Å². The molecule has 2 rings (SSSR count). The highest BCUT2D eigenvalue weighted by Crippen LogP contribution is 2.36. The molecule has 1 aromatic heterocycles. The monoisotopic (exact) mass is 196 g/mol. The molecule has 0 spiro atoms. The molecule has 0 aliphatic carbocycles. The quantitative estimate of drug-likeness (QED) is 0.672. The fraction of sp³-hybridized carbons (Fsp3) is 0.667. The molecule has 0 saturated carbocycles. The molecule has 0 unspecified atom stereocenters. The SMILES string of the molecule is [2H]c1n[nH]c([2H])c1B1OC(C)(C)C(C)(C)O1. The van der Waals surface area contributed by atoms with Crippen LogP contribution in [0.5, 0.6) is 0 Å². The predicted molar refractivity (Wildman–Crippen MR) is 54.3 cm³/mol. The number of hydrogen-bond acceptors (Lipinski definition) is 3. The van der Waals surface area contributed by atoms with Crippen molar-refractivity contribution in [3.8, 4) is 0 Å². The van der Waals surface area contributed by atoms with Crippen LogP contribution in [0.4, 0.5) is 0 Å². The van der Waals surface area contributed by atoms with Gasteiger partial charge in [-0.1, -0.05) is 0 Å². The van der Waals surface area contributed by atoms with Gasteiger partial charge in [0, 0.05) is 17.8 Å². The molecule has 0 radical (unpaired) electrons. The molecule has 14 heavy (non-hydrogen) atoms. The van der Waals surface area contributed by atoms with Gasteiger partial charge in [0.1, 0.15) is 0 Å². The first kappa shape index (κ1) is 7.48. The van der Waals surface area contributed by atoms with E-state index in [4.69, 9.17) is 12.1 Å². The third-order valence-electron chi connectivity index (χ3n) is 2.91. The third-order valence-corrected chi connectivity index (χ3v) is 2.91. The van der Waals surface area contributed by atoms with Gasteiger partial charge in [0.25, 0.3) is 0 Å². The molecule has 76 valence electrons. The molecular weight excluding hydrogens is 179 g/mol. The second-order valence-electron chi connectivity index (χ2n) is 4.46. The fourth-order valence-corrected chi connectivity index (χ4v) is 1.28. The maximum Gasteiger partial charge on any atom is 0.498 e. The van der Waals surface area contributed by atoms with Crippen LogP contribution < -0.4 is 5.46 Å². The van der Waals surface area contributed by atoms with E-state index in [1.165, 1.54) is 0 Å². The van der Waals surface area contributed by atoms with Crippen molar-refractivity contribution in [1.82, 2.24) is 10.2 Å². The molecule has 0 aromatic carbocycles. The van der Waals surface area contributed by atoms with Gasteiger partial charge < -0.3 is 9.31 Å². The smallest absolute Gasteiger partial charge is 0.399 e. The summed E-state index contributed by atoms with van der Waals surface area (Å²) in [5.74, 6) is 0. The van der Waals surface area contributed by atoms with E-state index < -0.39 is 18.3 Å². The van der Waals surface area contributed by atoms with Gasteiger partial charge in [-0.05, 0) is 27.7 Å². The largest absolute Gasteiger partial charge is 0.498 e. The summed E-state index contributed by atoms with van der Waals surface area (Å²) in [6.07, 6.45) is 0.0759. The number of aromatic amines is 1. The van der Waals surface area contributed by atoms with Gasteiger partial charge in [-0.3, -0.25) is 5.10 Å². The van der Waals surface area contributed by atoms with Crippen molar-refractivity contribution in [1.29, 1.82) is 0 Å². The Morgan fingerprint density at radius 3 is 2.36 bits per heavy atom. The highest BCUT2D eigenvalue weighted by Gasteiger charge is 2.51. The van der Waals surface area contributed by atoms with Gasteiger partial charge in [-0.15, -0.1) is 0 Å².